The summed E-state index contributed by atoms with van der Waals surface area (Å²) in [6, 6.07) is 3.90. The highest BCUT2D eigenvalue weighted by Gasteiger charge is 2.29. The Balaban J connectivity index is 1.61. The summed E-state index contributed by atoms with van der Waals surface area (Å²) in [5.41, 5.74) is 3.76. The zero-order chi connectivity index (χ0) is 16.6. The number of nitrogens with one attached hydrogen (secondary N) is 1. The van der Waals surface area contributed by atoms with Crippen LogP contribution in [0, 0.1) is 5.41 Å². The number of pyridine rings is 1. The third-order valence-electron chi connectivity index (χ3n) is 5.35. The second-order valence-electron chi connectivity index (χ2n) is 6.89. The van der Waals surface area contributed by atoms with E-state index in [9.17, 15) is 0 Å². The number of H-pyrrole nitrogens is 1. The third kappa shape index (κ3) is 2.62. The van der Waals surface area contributed by atoms with Crippen molar-refractivity contribution in [2.45, 2.75) is 33.1 Å². The topological polar surface area (TPSA) is 70.6 Å². The van der Waals surface area contributed by atoms with Gasteiger partial charge in [0.25, 0.3) is 0 Å². The van der Waals surface area contributed by atoms with Crippen LogP contribution < -0.4 is 4.90 Å². The molecule has 0 saturated carbocycles. The maximum atomic E-state index is 4.72. The number of nitrogens with zero attached hydrogens (tertiary/aromatic N) is 5. The van der Waals surface area contributed by atoms with E-state index in [-0.39, 0.29) is 0 Å². The molecule has 1 aliphatic heterocycles. The average Bonchev–Trinajstić information content (AvgIpc) is 3.06. The zero-order valence-electron chi connectivity index (χ0n) is 14.2. The molecule has 0 atom stereocenters. The Labute approximate surface area is 141 Å². The smallest absolute Gasteiger partial charge is 0.202 e. The molecule has 3 aromatic rings. The number of hydrogen-bond donors (Lipinski definition) is 1. The number of fused-ring (bicyclic) bond motifs is 1. The molecule has 124 valence electrons. The maximum absolute atomic E-state index is 4.72. The molecule has 6 nitrogen and oxygen atoms in total. The van der Waals surface area contributed by atoms with E-state index in [0.717, 1.165) is 35.7 Å². The van der Waals surface area contributed by atoms with Gasteiger partial charge < -0.3 is 4.90 Å². The van der Waals surface area contributed by atoms with Crippen LogP contribution in [0.1, 0.15) is 33.1 Å². The van der Waals surface area contributed by atoms with Gasteiger partial charge in [0.05, 0.1) is 11.9 Å². The Morgan fingerprint density at radius 2 is 2.08 bits per heavy atom. The van der Waals surface area contributed by atoms with Crippen LogP contribution in [0.15, 0.2) is 30.7 Å². The van der Waals surface area contributed by atoms with Gasteiger partial charge in [-0.05, 0) is 30.4 Å². The van der Waals surface area contributed by atoms with E-state index in [4.69, 9.17) is 4.98 Å². The van der Waals surface area contributed by atoms with Gasteiger partial charge in [-0.1, -0.05) is 20.3 Å². The number of anilines is 1. The van der Waals surface area contributed by atoms with Crippen molar-refractivity contribution in [1.82, 2.24) is 25.1 Å². The van der Waals surface area contributed by atoms with Crippen molar-refractivity contribution in [3.63, 3.8) is 0 Å². The minimum Gasteiger partial charge on any atom is -0.355 e. The molecule has 1 N–H and O–H groups in total. The first-order chi connectivity index (χ1) is 11.7. The second kappa shape index (κ2) is 5.85. The summed E-state index contributed by atoms with van der Waals surface area (Å²) in [6.07, 6.45) is 9.06. The van der Waals surface area contributed by atoms with Crippen LogP contribution >= 0.6 is 0 Å². The largest absolute Gasteiger partial charge is 0.355 e. The van der Waals surface area contributed by atoms with Crippen LogP contribution in [-0.4, -0.2) is 38.2 Å². The van der Waals surface area contributed by atoms with Gasteiger partial charge in [0.15, 0.2) is 0 Å². The minimum atomic E-state index is 0.466. The highest BCUT2D eigenvalue weighted by atomic mass is 15.2. The molecule has 4 heterocycles. The van der Waals surface area contributed by atoms with Crippen molar-refractivity contribution in [1.29, 1.82) is 0 Å². The Morgan fingerprint density at radius 1 is 1.25 bits per heavy atom. The van der Waals surface area contributed by atoms with Crippen LogP contribution in [0.4, 0.5) is 5.82 Å². The molecule has 0 bridgehead atoms. The fourth-order valence-electron chi connectivity index (χ4n) is 3.28. The predicted molar refractivity (Wildman–Crippen MR) is 94.8 cm³/mol. The third-order valence-corrected chi connectivity index (χ3v) is 5.35. The van der Waals surface area contributed by atoms with Crippen LogP contribution in [0.5, 0.6) is 0 Å². The summed E-state index contributed by atoms with van der Waals surface area (Å²) in [6.45, 7) is 6.73. The molecule has 24 heavy (non-hydrogen) atoms. The lowest BCUT2D eigenvalue weighted by molar-refractivity contribution is 0.238. The fourth-order valence-corrected chi connectivity index (χ4v) is 3.28. The number of aromatic nitrogens is 5. The number of hydrogen-bond acceptors (Lipinski definition) is 5. The Hall–Kier alpha value is -2.50. The highest BCUT2D eigenvalue weighted by molar-refractivity contribution is 5.87. The molecule has 0 spiro atoms. The van der Waals surface area contributed by atoms with E-state index in [1.165, 1.54) is 19.3 Å². The molecule has 1 fully saturated rings. The van der Waals surface area contributed by atoms with E-state index in [2.05, 4.69) is 38.9 Å². The maximum Gasteiger partial charge on any atom is 0.202 e. The van der Waals surface area contributed by atoms with Crippen LogP contribution in [0.3, 0.4) is 0 Å². The molecule has 0 aliphatic carbocycles. The molecular formula is C18H22N6. The van der Waals surface area contributed by atoms with Gasteiger partial charge in [0.1, 0.15) is 11.3 Å². The summed E-state index contributed by atoms with van der Waals surface area (Å²) in [4.78, 5) is 15.8. The Kier molecular flexibility index (Phi) is 3.67. The number of rotatable bonds is 3. The van der Waals surface area contributed by atoms with Crippen molar-refractivity contribution in [2.75, 3.05) is 18.0 Å². The van der Waals surface area contributed by atoms with Gasteiger partial charge in [-0.3, -0.25) is 10.1 Å². The summed E-state index contributed by atoms with van der Waals surface area (Å²) in [5, 5.41) is 7.39. The standard InChI is InChI=1S/C18H22N6/c1-3-18(2)6-9-24(10-7-18)14-12-20-16-15(22-23-17(16)21-14)13-5-4-8-19-11-13/h4-5,8,11-12H,3,6-7,9-10H2,1-2H3,(H,21,22,23). The molecule has 6 heteroatoms. The number of aromatic amines is 1. The van der Waals surface area contributed by atoms with E-state index in [1.54, 1.807) is 12.4 Å². The normalized spacial score (nSPS) is 17.3. The van der Waals surface area contributed by atoms with Crippen molar-refractivity contribution < 1.29 is 0 Å². The lowest BCUT2D eigenvalue weighted by Crippen LogP contribution is -2.38. The SMILES string of the molecule is CCC1(C)CCN(c2cnc3c(-c4cccnc4)[nH]nc3n2)CC1. The first-order valence-corrected chi connectivity index (χ1v) is 8.55. The number of piperidine rings is 1. The molecular weight excluding hydrogens is 300 g/mol. The van der Waals surface area contributed by atoms with Crippen molar-refractivity contribution in [3.8, 4) is 11.3 Å². The van der Waals surface area contributed by atoms with Gasteiger partial charge in [0, 0.05) is 31.0 Å². The van der Waals surface area contributed by atoms with Crippen LogP contribution in [-0.2, 0) is 0 Å². The van der Waals surface area contributed by atoms with Crippen LogP contribution in [0.2, 0.25) is 0 Å². The molecule has 1 saturated heterocycles. The predicted octanol–water partition coefficient (Wildman–Crippen LogP) is 3.43. The van der Waals surface area contributed by atoms with Gasteiger partial charge in [-0.15, -0.1) is 0 Å². The molecule has 0 unspecified atom stereocenters. The monoisotopic (exact) mass is 322 g/mol. The summed E-state index contributed by atoms with van der Waals surface area (Å²) < 4.78 is 0. The van der Waals surface area contributed by atoms with Crippen molar-refractivity contribution in [2.24, 2.45) is 5.41 Å². The van der Waals surface area contributed by atoms with Crippen molar-refractivity contribution >= 4 is 17.0 Å². The first-order valence-electron chi connectivity index (χ1n) is 8.55. The van der Waals surface area contributed by atoms with Gasteiger partial charge in [0.2, 0.25) is 5.65 Å². The second-order valence-corrected chi connectivity index (χ2v) is 6.89. The summed E-state index contributed by atoms with van der Waals surface area (Å²) >= 11 is 0. The van der Waals surface area contributed by atoms with E-state index in [0.29, 0.717) is 11.1 Å². The fraction of sp³-hybridized carbons (Fsp3) is 0.444. The molecule has 0 aromatic carbocycles. The lowest BCUT2D eigenvalue weighted by Gasteiger charge is -2.39. The highest BCUT2D eigenvalue weighted by Crippen LogP contribution is 2.35. The average molecular weight is 322 g/mol. The van der Waals surface area contributed by atoms with Gasteiger partial charge in [-0.25, -0.2) is 9.97 Å². The van der Waals surface area contributed by atoms with E-state index < -0.39 is 0 Å². The van der Waals surface area contributed by atoms with E-state index in [1.807, 2.05) is 18.3 Å². The Morgan fingerprint density at radius 3 is 2.79 bits per heavy atom. The molecule has 3 aromatic heterocycles. The zero-order valence-corrected chi connectivity index (χ0v) is 14.2. The molecule has 1 aliphatic rings. The Bertz CT molecular complexity index is 833. The minimum absolute atomic E-state index is 0.466. The van der Waals surface area contributed by atoms with Crippen molar-refractivity contribution in [3.05, 3.63) is 30.7 Å². The molecule has 4 rings (SSSR count). The van der Waals surface area contributed by atoms with Gasteiger partial charge >= 0.3 is 0 Å². The molecule has 0 radical (unpaired) electrons. The van der Waals surface area contributed by atoms with E-state index >= 15 is 0 Å². The summed E-state index contributed by atoms with van der Waals surface area (Å²) in [7, 11) is 0. The van der Waals surface area contributed by atoms with Gasteiger partial charge in [-0.2, -0.15) is 5.10 Å². The first kappa shape index (κ1) is 15.1. The lowest BCUT2D eigenvalue weighted by atomic mass is 9.78. The quantitative estimate of drug-likeness (QED) is 0.800. The molecule has 0 amide bonds. The van der Waals surface area contributed by atoms with Crippen LogP contribution in [0.25, 0.3) is 22.4 Å². The summed E-state index contributed by atoms with van der Waals surface area (Å²) in [5.74, 6) is 0.921.